The Morgan fingerprint density at radius 2 is 1.73 bits per heavy atom. The van der Waals surface area contributed by atoms with Gasteiger partial charge in [-0.2, -0.15) is 0 Å². The molecule has 4 aliphatic carbocycles. The first-order valence-electron chi connectivity index (χ1n) is 18.7. The SMILES string of the molecule is CC1CCC2(OC1)OC1CC3C4CCC5CC(O)CCC5(C)C4=CCC3(C)C1C2C.COc1cc(O)c(C(=O)c2ccccc2)c(OC)c1. The number of hydrogen-bond acceptors (Lipinski definition) is 7. The molecule has 11 unspecified atom stereocenters. The van der Waals surface area contributed by atoms with Crippen molar-refractivity contribution in [2.45, 2.75) is 103 Å². The Hall–Kier alpha value is -2.87. The molecule has 266 valence electrons. The Bertz CT molecular complexity index is 1560. The van der Waals surface area contributed by atoms with Crippen LogP contribution in [0.5, 0.6) is 17.2 Å². The van der Waals surface area contributed by atoms with Crippen LogP contribution in [0, 0.1) is 46.3 Å². The number of aliphatic hydroxyl groups is 1. The van der Waals surface area contributed by atoms with Crippen LogP contribution in [0.15, 0.2) is 54.1 Å². The number of aliphatic hydroxyl groups excluding tert-OH is 1. The molecule has 11 atom stereocenters. The number of allylic oxidation sites excluding steroid dienone is 2. The highest BCUT2D eigenvalue weighted by molar-refractivity contribution is 6.12. The molecule has 5 fully saturated rings. The van der Waals surface area contributed by atoms with Crippen molar-refractivity contribution in [3.05, 3.63) is 65.2 Å². The number of ketones is 1. The van der Waals surface area contributed by atoms with Crippen LogP contribution in [0.3, 0.4) is 0 Å². The van der Waals surface area contributed by atoms with Crippen molar-refractivity contribution >= 4 is 5.78 Å². The Balaban J connectivity index is 0.000000172. The lowest BCUT2D eigenvalue weighted by Crippen LogP contribution is -2.50. The number of fused-ring (bicyclic) bond motifs is 7. The van der Waals surface area contributed by atoms with E-state index in [4.69, 9.17) is 18.9 Å². The topological polar surface area (TPSA) is 94.5 Å². The number of hydrogen-bond donors (Lipinski definition) is 2. The number of carbonyl (C=O) groups excluding carboxylic acids is 1. The molecule has 1 spiro atoms. The van der Waals surface area contributed by atoms with Crippen molar-refractivity contribution in [1.82, 2.24) is 0 Å². The van der Waals surface area contributed by atoms with Gasteiger partial charge in [-0.15, -0.1) is 0 Å². The molecule has 0 bridgehead atoms. The van der Waals surface area contributed by atoms with Crippen LogP contribution < -0.4 is 9.47 Å². The van der Waals surface area contributed by atoms with Crippen LogP contribution in [0.25, 0.3) is 0 Å². The second-order valence-electron chi connectivity index (χ2n) is 16.6. The third-order valence-corrected chi connectivity index (χ3v) is 14.0. The van der Waals surface area contributed by atoms with Gasteiger partial charge in [-0.1, -0.05) is 69.7 Å². The molecule has 2 aromatic rings. The van der Waals surface area contributed by atoms with Gasteiger partial charge in [0.05, 0.1) is 33.0 Å². The molecular formula is C42H56O7. The number of carbonyl (C=O) groups is 1. The summed E-state index contributed by atoms with van der Waals surface area (Å²) in [5, 5.41) is 20.3. The minimum Gasteiger partial charge on any atom is -0.507 e. The minimum absolute atomic E-state index is 0.0661. The van der Waals surface area contributed by atoms with Gasteiger partial charge in [-0.25, -0.2) is 0 Å². The molecule has 0 amide bonds. The maximum atomic E-state index is 12.4. The summed E-state index contributed by atoms with van der Waals surface area (Å²) in [5.74, 6) is 3.94. The summed E-state index contributed by atoms with van der Waals surface area (Å²) in [6, 6.07) is 11.7. The first-order chi connectivity index (χ1) is 23.4. The molecule has 2 aromatic carbocycles. The monoisotopic (exact) mass is 672 g/mol. The van der Waals surface area contributed by atoms with Crippen molar-refractivity contribution in [3.8, 4) is 17.2 Å². The van der Waals surface area contributed by atoms with E-state index in [2.05, 4.69) is 33.8 Å². The van der Waals surface area contributed by atoms with E-state index in [0.717, 1.165) is 37.7 Å². The highest BCUT2D eigenvalue weighted by Gasteiger charge is 2.67. The zero-order valence-electron chi connectivity index (χ0n) is 30.2. The van der Waals surface area contributed by atoms with E-state index in [1.165, 1.54) is 58.8 Å². The van der Waals surface area contributed by atoms with Gasteiger partial charge in [0, 0.05) is 30.0 Å². The van der Waals surface area contributed by atoms with Gasteiger partial charge >= 0.3 is 0 Å². The minimum atomic E-state index is -0.303. The maximum absolute atomic E-state index is 12.4. The molecule has 0 radical (unpaired) electrons. The number of ether oxygens (including phenoxy) is 4. The number of benzene rings is 2. The molecule has 6 aliphatic rings. The fraction of sp³-hybridized carbons (Fsp3) is 0.643. The molecule has 2 heterocycles. The Kier molecular flexibility index (Phi) is 9.19. The van der Waals surface area contributed by atoms with Crippen LogP contribution in [-0.2, 0) is 9.47 Å². The van der Waals surface area contributed by atoms with Crippen LogP contribution in [0.1, 0.15) is 101 Å². The van der Waals surface area contributed by atoms with Crippen molar-refractivity contribution in [3.63, 3.8) is 0 Å². The number of rotatable bonds is 4. The standard InChI is InChI=1S/C27H42O3.C15H14O4/c1-16-7-12-27(29-15-16)17(2)24-23(30-27)14-22-20-6-5-18-13-19(28)8-10-25(18,3)21(20)9-11-26(22,24)4;1-18-11-8-12(16)14(13(9-11)19-2)15(17)10-6-4-3-5-7-10/h9,16-20,22-24,28H,5-8,10-15H2,1-4H3;3-9,16H,1-2H3. The summed E-state index contributed by atoms with van der Waals surface area (Å²) in [5.41, 5.74) is 3.08. The van der Waals surface area contributed by atoms with Crippen LogP contribution in [0.2, 0.25) is 0 Å². The van der Waals surface area contributed by atoms with Gasteiger partial charge in [0.15, 0.2) is 5.79 Å². The van der Waals surface area contributed by atoms with E-state index in [0.29, 0.717) is 51.9 Å². The smallest absolute Gasteiger partial charge is 0.200 e. The second-order valence-corrected chi connectivity index (χ2v) is 16.6. The predicted molar refractivity (Wildman–Crippen MR) is 189 cm³/mol. The molecule has 0 aromatic heterocycles. The zero-order chi connectivity index (χ0) is 34.7. The lowest BCUT2D eigenvalue weighted by Gasteiger charge is -2.57. The third kappa shape index (κ3) is 5.72. The van der Waals surface area contributed by atoms with Gasteiger partial charge in [-0.3, -0.25) is 4.79 Å². The van der Waals surface area contributed by atoms with Crippen LogP contribution in [-0.4, -0.2) is 54.8 Å². The van der Waals surface area contributed by atoms with E-state index in [1.54, 1.807) is 35.9 Å². The third-order valence-electron chi connectivity index (χ3n) is 14.0. The summed E-state index contributed by atoms with van der Waals surface area (Å²) in [6.45, 7) is 10.7. The molecule has 7 nitrogen and oxygen atoms in total. The molecule has 2 saturated heterocycles. The van der Waals surface area contributed by atoms with E-state index in [9.17, 15) is 15.0 Å². The van der Waals surface area contributed by atoms with Gasteiger partial charge in [0.25, 0.3) is 0 Å². The average Bonchev–Trinajstić information content (AvgIpc) is 3.55. The van der Waals surface area contributed by atoms with Gasteiger partial charge in [-0.05, 0) is 91.8 Å². The number of phenolic OH excluding ortho intramolecular Hbond substituents is 1. The van der Waals surface area contributed by atoms with Crippen LogP contribution >= 0.6 is 0 Å². The highest BCUT2D eigenvalue weighted by atomic mass is 16.7. The predicted octanol–water partition coefficient (Wildman–Crippen LogP) is 8.35. The van der Waals surface area contributed by atoms with Crippen molar-refractivity contribution in [2.24, 2.45) is 46.3 Å². The van der Waals surface area contributed by atoms with Gasteiger partial charge < -0.3 is 29.2 Å². The fourth-order valence-corrected chi connectivity index (χ4v) is 11.3. The fourth-order valence-electron chi connectivity index (χ4n) is 11.3. The van der Waals surface area contributed by atoms with Crippen molar-refractivity contribution in [1.29, 1.82) is 0 Å². The molecule has 2 N–H and O–H groups in total. The molecular weight excluding hydrogens is 616 g/mol. The van der Waals surface area contributed by atoms with Crippen LogP contribution in [0.4, 0.5) is 0 Å². The zero-order valence-corrected chi connectivity index (χ0v) is 30.2. The lowest BCUT2D eigenvalue weighted by atomic mass is 9.48. The normalized spacial score (nSPS) is 40.5. The number of phenols is 1. The summed E-state index contributed by atoms with van der Waals surface area (Å²) in [7, 11) is 2.92. The molecule has 2 aliphatic heterocycles. The Labute approximate surface area is 292 Å². The second kappa shape index (κ2) is 13.0. The van der Waals surface area contributed by atoms with Crippen molar-refractivity contribution in [2.75, 3.05) is 20.8 Å². The number of aromatic hydroxyl groups is 1. The van der Waals surface area contributed by atoms with E-state index in [1.807, 2.05) is 6.07 Å². The highest BCUT2D eigenvalue weighted by Crippen LogP contribution is 2.69. The lowest BCUT2D eigenvalue weighted by molar-refractivity contribution is -0.272. The molecule has 49 heavy (non-hydrogen) atoms. The maximum Gasteiger partial charge on any atom is 0.200 e. The molecule has 3 saturated carbocycles. The Morgan fingerprint density at radius 3 is 2.43 bits per heavy atom. The van der Waals surface area contributed by atoms with Crippen molar-refractivity contribution < 1.29 is 34.0 Å². The largest absolute Gasteiger partial charge is 0.507 e. The quantitative estimate of drug-likeness (QED) is 0.249. The Morgan fingerprint density at radius 1 is 0.959 bits per heavy atom. The summed E-state index contributed by atoms with van der Waals surface area (Å²) in [4.78, 5) is 12.4. The summed E-state index contributed by atoms with van der Waals surface area (Å²) >= 11 is 0. The van der Waals surface area contributed by atoms with Gasteiger partial charge in [0.1, 0.15) is 22.8 Å². The van der Waals surface area contributed by atoms with E-state index in [-0.39, 0.29) is 34.7 Å². The molecule has 7 heteroatoms. The summed E-state index contributed by atoms with van der Waals surface area (Å²) in [6.07, 6.45) is 13.6. The number of methoxy groups -OCH3 is 2. The molecule has 8 rings (SSSR count). The average molecular weight is 673 g/mol. The van der Waals surface area contributed by atoms with Gasteiger partial charge in [0.2, 0.25) is 5.78 Å². The first kappa shape index (κ1) is 34.6. The van der Waals surface area contributed by atoms with E-state index < -0.39 is 0 Å². The first-order valence-corrected chi connectivity index (χ1v) is 18.7. The van der Waals surface area contributed by atoms with E-state index >= 15 is 0 Å². The summed E-state index contributed by atoms with van der Waals surface area (Å²) < 4.78 is 23.5.